The van der Waals surface area contributed by atoms with Crippen LogP contribution in [-0.4, -0.2) is 19.7 Å². The van der Waals surface area contributed by atoms with E-state index in [0.717, 1.165) is 38.3 Å². The summed E-state index contributed by atoms with van der Waals surface area (Å²) in [7, 11) is 0. The third-order valence-corrected chi connectivity index (χ3v) is 2.63. The lowest BCUT2D eigenvalue weighted by Crippen LogP contribution is -2.16. The van der Waals surface area contributed by atoms with E-state index in [0.29, 0.717) is 0 Å². The Balaban J connectivity index is 2.23. The van der Waals surface area contributed by atoms with Crippen molar-refractivity contribution in [2.45, 2.75) is 19.8 Å². The Kier molecular flexibility index (Phi) is 3.04. The second kappa shape index (κ2) is 4.47. The standard InChI is InChI=1S/C12H17NO/c1-2-14-12-4-3-10-5-7-13-8-6-11(10)9-12/h3-4,9,13H,2,5-8H2,1H3. The van der Waals surface area contributed by atoms with Crippen molar-refractivity contribution < 1.29 is 4.74 Å². The molecule has 0 atom stereocenters. The molecular formula is C12H17NO. The van der Waals surface area contributed by atoms with Gasteiger partial charge in [-0.05, 0) is 56.1 Å². The first-order valence-electron chi connectivity index (χ1n) is 5.35. The summed E-state index contributed by atoms with van der Waals surface area (Å²) in [6.07, 6.45) is 2.26. The summed E-state index contributed by atoms with van der Waals surface area (Å²) in [4.78, 5) is 0. The second-order valence-electron chi connectivity index (χ2n) is 3.61. The smallest absolute Gasteiger partial charge is 0.119 e. The maximum atomic E-state index is 5.49. The van der Waals surface area contributed by atoms with Gasteiger partial charge in [-0.2, -0.15) is 0 Å². The van der Waals surface area contributed by atoms with Gasteiger partial charge in [0.25, 0.3) is 0 Å². The average molecular weight is 191 g/mol. The molecule has 2 rings (SSSR count). The van der Waals surface area contributed by atoms with Gasteiger partial charge in [0.2, 0.25) is 0 Å². The molecule has 1 aromatic carbocycles. The van der Waals surface area contributed by atoms with Crippen molar-refractivity contribution in [3.05, 3.63) is 29.3 Å². The lowest BCUT2D eigenvalue weighted by molar-refractivity contribution is 0.340. The van der Waals surface area contributed by atoms with Crippen LogP contribution in [0.2, 0.25) is 0 Å². The van der Waals surface area contributed by atoms with Crippen molar-refractivity contribution in [1.82, 2.24) is 5.32 Å². The Bertz CT molecular complexity index is 309. The fraction of sp³-hybridized carbons (Fsp3) is 0.500. The van der Waals surface area contributed by atoms with Crippen molar-refractivity contribution in [2.75, 3.05) is 19.7 Å². The predicted octanol–water partition coefficient (Wildman–Crippen LogP) is 1.77. The Labute approximate surface area is 85.3 Å². The van der Waals surface area contributed by atoms with Crippen molar-refractivity contribution in [1.29, 1.82) is 0 Å². The van der Waals surface area contributed by atoms with Crippen molar-refractivity contribution in [3.8, 4) is 5.75 Å². The summed E-state index contributed by atoms with van der Waals surface area (Å²) >= 11 is 0. The highest BCUT2D eigenvalue weighted by atomic mass is 16.5. The first-order chi connectivity index (χ1) is 6.90. The van der Waals surface area contributed by atoms with E-state index >= 15 is 0 Å². The minimum absolute atomic E-state index is 0.747. The van der Waals surface area contributed by atoms with Crippen LogP contribution >= 0.6 is 0 Å². The molecule has 0 unspecified atom stereocenters. The van der Waals surface area contributed by atoms with Crippen molar-refractivity contribution >= 4 is 0 Å². The molecule has 76 valence electrons. The van der Waals surface area contributed by atoms with Crippen LogP contribution < -0.4 is 10.1 Å². The van der Waals surface area contributed by atoms with Crippen molar-refractivity contribution in [3.63, 3.8) is 0 Å². The highest BCUT2D eigenvalue weighted by Crippen LogP contribution is 2.20. The summed E-state index contributed by atoms with van der Waals surface area (Å²) in [5.74, 6) is 1.01. The molecule has 1 aliphatic heterocycles. The van der Waals surface area contributed by atoms with E-state index in [1.54, 1.807) is 0 Å². The van der Waals surface area contributed by atoms with Crippen LogP contribution in [0, 0.1) is 0 Å². The molecule has 0 amide bonds. The molecule has 0 bridgehead atoms. The van der Waals surface area contributed by atoms with E-state index in [2.05, 4.69) is 23.5 Å². The largest absolute Gasteiger partial charge is 0.494 e. The van der Waals surface area contributed by atoms with Gasteiger partial charge in [-0.15, -0.1) is 0 Å². The van der Waals surface area contributed by atoms with Crippen LogP contribution in [0.15, 0.2) is 18.2 Å². The average Bonchev–Trinajstić information content (AvgIpc) is 2.42. The van der Waals surface area contributed by atoms with Crippen LogP contribution in [0.25, 0.3) is 0 Å². The first kappa shape index (κ1) is 9.53. The van der Waals surface area contributed by atoms with Crippen LogP contribution in [-0.2, 0) is 12.8 Å². The minimum atomic E-state index is 0.747. The van der Waals surface area contributed by atoms with Gasteiger partial charge >= 0.3 is 0 Å². The number of benzene rings is 1. The molecular weight excluding hydrogens is 174 g/mol. The maximum Gasteiger partial charge on any atom is 0.119 e. The molecule has 0 aromatic heterocycles. The number of hydrogen-bond donors (Lipinski definition) is 1. The van der Waals surface area contributed by atoms with Gasteiger partial charge in [0.05, 0.1) is 6.61 Å². The normalized spacial score (nSPS) is 15.8. The fourth-order valence-corrected chi connectivity index (χ4v) is 1.91. The lowest BCUT2D eigenvalue weighted by atomic mass is 10.0. The zero-order valence-electron chi connectivity index (χ0n) is 8.68. The van der Waals surface area contributed by atoms with Gasteiger partial charge in [-0.3, -0.25) is 0 Å². The molecule has 0 radical (unpaired) electrons. The van der Waals surface area contributed by atoms with E-state index < -0.39 is 0 Å². The van der Waals surface area contributed by atoms with Crippen LogP contribution in [0.1, 0.15) is 18.1 Å². The number of rotatable bonds is 2. The van der Waals surface area contributed by atoms with Gasteiger partial charge in [0, 0.05) is 0 Å². The minimum Gasteiger partial charge on any atom is -0.494 e. The Morgan fingerprint density at radius 3 is 2.79 bits per heavy atom. The maximum absolute atomic E-state index is 5.49. The molecule has 2 nitrogen and oxygen atoms in total. The summed E-state index contributed by atoms with van der Waals surface area (Å²) in [5.41, 5.74) is 2.92. The number of fused-ring (bicyclic) bond motifs is 1. The molecule has 1 heterocycles. The topological polar surface area (TPSA) is 21.3 Å². The Morgan fingerprint density at radius 1 is 1.21 bits per heavy atom. The third-order valence-electron chi connectivity index (χ3n) is 2.63. The van der Waals surface area contributed by atoms with Crippen LogP contribution in [0.5, 0.6) is 5.75 Å². The summed E-state index contributed by atoms with van der Waals surface area (Å²) in [6.45, 7) is 4.95. The van der Waals surface area contributed by atoms with Gasteiger partial charge in [-0.25, -0.2) is 0 Å². The monoisotopic (exact) mass is 191 g/mol. The fourth-order valence-electron chi connectivity index (χ4n) is 1.91. The van der Waals surface area contributed by atoms with E-state index in [-0.39, 0.29) is 0 Å². The third kappa shape index (κ3) is 2.07. The second-order valence-corrected chi connectivity index (χ2v) is 3.61. The molecule has 1 aromatic rings. The Hall–Kier alpha value is -1.02. The molecule has 1 aliphatic rings. The molecule has 0 saturated heterocycles. The zero-order valence-corrected chi connectivity index (χ0v) is 8.68. The molecule has 0 fully saturated rings. The number of nitrogens with one attached hydrogen (secondary N) is 1. The molecule has 0 spiro atoms. The quantitative estimate of drug-likeness (QED) is 0.769. The zero-order chi connectivity index (χ0) is 9.80. The lowest BCUT2D eigenvalue weighted by Gasteiger charge is -2.08. The van der Waals surface area contributed by atoms with Gasteiger partial charge in [0.15, 0.2) is 0 Å². The van der Waals surface area contributed by atoms with E-state index in [9.17, 15) is 0 Å². The molecule has 2 heteroatoms. The molecule has 14 heavy (non-hydrogen) atoms. The first-order valence-corrected chi connectivity index (χ1v) is 5.35. The number of hydrogen-bond acceptors (Lipinski definition) is 2. The highest BCUT2D eigenvalue weighted by molar-refractivity contribution is 5.36. The molecule has 0 saturated carbocycles. The number of ether oxygens (including phenoxy) is 1. The van der Waals surface area contributed by atoms with E-state index in [4.69, 9.17) is 4.74 Å². The predicted molar refractivity (Wildman–Crippen MR) is 57.9 cm³/mol. The van der Waals surface area contributed by atoms with Gasteiger partial charge in [0.1, 0.15) is 5.75 Å². The SMILES string of the molecule is CCOc1ccc2c(c1)CCNCC2. The van der Waals surface area contributed by atoms with E-state index in [1.165, 1.54) is 11.1 Å². The Morgan fingerprint density at radius 2 is 2.00 bits per heavy atom. The van der Waals surface area contributed by atoms with Crippen LogP contribution in [0.4, 0.5) is 0 Å². The summed E-state index contributed by atoms with van der Waals surface area (Å²) < 4.78 is 5.49. The summed E-state index contributed by atoms with van der Waals surface area (Å²) in [5, 5.41) is 3.40. The highest BCUT2D eigenvalue weighted by Gasteiger charge is 2.07. The molecule has 1 N–H and O–H groups in total. The van der Waals surface area contributed by atoms with Crippen molar-refractivity contribution in [2.24, 2.45) is 0 Å². The molecule has 0 aliphatic carbocycles. The summed E-state index contributed by atoms with van der Waals surface area (Å²) in [6, 6.07) is 6.47. The van der Waals surface area contributed by atoms with Crippen LogP contribution in [0.3, 0.4) is 0 Å². The van der Waals surface area contributed by atoms with Gasteiger partial charge in [-0.1, -0.05) is 6.07 Å². The van der Waals surface area contributed by atoms with Gasteiger partial charge < -0.3 is 10.1 Å². The van der Waals surface area contributed by atoms with E-state index in [1.807, 2.05) is 6.92 Å².